The molecule has 0 bridgehead atoms. The average Bonchev–Trinajstić information content (AvgIpc) is 2.54. The van der Waals surface area contributed by atoms with Gasteiger partial charge in [0, 0.05) is 43.5 Å². The Labute approximate surface area is 140 Å². The SMILES string of the molecule is C=C(C)CCNC(=C)C1C=C(C)CN(c2ccc(CN)cc2)C1. The first-order chi connectivity index (χ1) is 11.0. The molecular weight excluding hydrogens is 282 g/mol. The van der Waals surface area contributed by atoms with Crippen LogP contribution in [0, 0.1) is 5.92 Å². The molecular formula is C20H29N3. The second kappa shape index (κ2) is 8.02. The van der Waals surface area contributed by atoms with Gasteiger partial charge < -0.3 is 16.0 Å². The Morgan fingerprint density at radius 3 is 2.61 bits per heavy atom. The van der Waals surface area contributed by atoms with E-state index >= 15 is 0 Å². The van der Waals surface area contributed by atoms with E-state index in [1.54, 1.807) is 0 Å². The maximum Gasteiger partial charge on any atom is 0.0386 e. The Bertz CT molecular complexity index is 583. The lowest BCUT2D eigenvalue weighted by atomic mass is 9.97. The standard InChI is InChI=1S/C20H29N3/c1-15(2)9-10-22-17(4)19-11-16(3)13-23(14-19)20-7-5-18(12-21)6-8-20/h5-8,11,19,22H,1,4,9-10,12-14,21H2,2-3H3. The molecule has 0 amide bonds. The molecule has 0 aliphatic carbocycles. The summed E-state index contributed by atoms with van der Waals surface area (Å²) in [5.74, 6) is 0.336. The van der Waals surface area contributed by atoms with Crippen LogP contribution in [0.5, 0.6) is 0 Å². The minimum absolute atomic E-state index is 0.336. The lowest BCUT2D eigenvalue weighted by molar-refractivity contribution is 0.610. The molecule has 1 aromatic rings. The maximum absolute atomic E-state index is 5.68. The van der Waals surface area contributed by atoms with Crippen LogP contribution < -0.4 is 16.0 Å². The molecule has 0 saturated heterocycles. The third-order valence-electron chi connectivity index (χ3n) is 4.23. The molecule has 0 radical (unpaired) electrons. The fourth-order valence-electron chi connectivity index (χ4n) is 2.87. The van der Waals surface area contributed by atoms with Crippen molar-refractivity contribution in [1.82, 2.24) is 5.32 Å². The summed E-state index contributed by atoms with van der Waals surface area (Å²) in [6.07, 6.45) is 3.32. The van der Waals surface area contributed by atoms with Crippen LogP contribution in [0.2, 0.25) is 0 Å². The summed E-state index contributed by atoms with van der Waals surface area (Å²) >= 11 is 0. The molecule has 1 unspecified atom stereocenters. The number of anilines is 1. The number of nitrogens with zero attached hydrogens (tertiary/aromatic N) is 1. The van der Waals surface area contributed by atoms with E-state index in [9.17, 15) is 0 Å². The number of nitrogens with one attached hydrogen (secondary N) is 1. The maximum atomic E-state index is 5.68. The molecule has 0 aromatic heterocycles. The van der Waals surface area contributed by atoms with Crippen molar-refractivity contribution in [3.63, 3.8) is 0 Å². The quantitative estimate of drug-likeness (QED) is 0.756. The molecule has 0 saturated carbocycles. The van der Waals surface area contributed by atoms with Crippen molar-refractivity contribution >= 4 is 5.69 Å². The minimum atomic E-state index is 0.336. The van der Waals surface area contributed by atoms with Gasteiger partial charge in [0.05, 0.1) is 0 Å². The fourth-order valence-corrected chi connectivity index (χ4v) is 2.87. The monoisotopic (exact) mass is 311 g/mol. The molecule has 0 fully saturated rings. The molecule has 1 aliphatic heterocycles. The molecule has 3 nitrogen and oxygen atoms in total. The highest BCUT2D eigenvalue weighted by Crippen LogP contribution is 2.25. The molecule has 1 aliphatic rings. The van der Waals surface area contributed by atoms with Gasteiger partial charge in [0.2, 0.25) is 0 Å². The summed E-state index contributed by atoms with van der Waals surface area (Å²) in [5.41, 5.74) is 11.8. The van der Waals surface area contributed by atoms with E-state index < -0.39 is 0 Å². The van der Waals surface area contributed by atoms with Gasteiger partial charge in [-0.15, -0.1) is 6.58 Å². The minimum Gasteiger partial charge on any atom is -0.388 e. The number of hydrogen-bond acceptors (Lipinski definition) is 3. The second-order valence-electron chi connectivity index (χ2n) is 6.53. The zero-order valence-corrected chi connectivity index (χ0v) is 14.4. The van der Waals surface area contributed by atoms with Crippen molar-refractivity contribution in [3.05, 3.63) is 65.9 Å². The Kier molecular flexibility index (Phi) is 6.05. The van der Waals surface area contributed by atoms with Crippen molar-refractivity contribution in [3.8, 4) is 0 Å². The summed E-state index contributed by atoms with van der Waals surface area (Å²) in [6.45, 7) is 15.8. The van der Waals surface area contributed by atoms with Crippen LogP contribution in [-0.4, -0.2) is 19.6 Å². The normalized spacial score (nSPS) is 17.6. The van der Waals surface area contributed by atoms with Crippen molar-refractivity contribution < 1.29 is 0 Å². The van der Waals surface area contributed by atoms with E-state index in [2.05, 4.69) is 67.6 Å². The smallest absolute Gasteiger partial charge is 0.0386 e. The highest BCUT2D eigenvalue weighted by atomic mass is 15.1. The van der Waals surface area contributed by atoms with Gasteiger partial charge in [-0.05, 0) is 38.0 Å². The summed E-state index contributed by atoms with van der Waals surface area (Å²) < 4.78 is 0. The predicted molar refractivity (Wildman–Crippen MR) is 100 cm³/mol. The Hall–Kier alpha value is -2.00. The van der Waals surface area contributed by atoms with Gasteiger partial charge in [0.1, 0.15) is 0 Å². The summed E-state index contributed by atoms with van der Waals surface area (Å²) in [5, 5.41) is 3.45. The first kappa shape index (κ1) is 17.4. The van der Waals surface area contributed by atoms with E-state index in [1.165, 1.54) is 22.4 Å². The van der Waals surface area contributed by atoms with Gasteiger partial charge in [-0.1, -0.05) is 35.9 Å². The molecule has 1 atom stereocenters. The van der Waals surface area contributed by atoms with Crippen molar-refractivity contribution in [2.24, 2.45) is 11.7 Å². The summed E-state index contributed by atoms with van der Waals surface area (Å²) in [4.78, 5) is 2.41. The molecule has 0 spiro atoms. The van der Waals surface area contributed by atoms with Gasteiger partial charge in [0.15, 0.2) is 0 Å². The van der Waals surface area contributed by atoms with E-state index in [1.807, 2.05) is 0 Å². The third-order valence-corrected chi connectivity index (χ3v) is 4.23. The van der Waals surface area contributed by atoms with Crippen molar-refractivity contribution in [1.29, 1.82) is 0 Å². The molecule has 2 rings (SSSR count). The van der Waals surface area contributed by atoms with Gasteiger partial charge in [-0.2, -0.15) is 0 Å². The molecule has 1 heterocycles. The highest BCUT2D eigenvalue weighted by Gasteiger charge is 2.20. The topological polar surface area (TPSA) is 41.3 Å². The van der Waals surface area contributed by atoms with E-state index in [0.717, 1.165) is 31.8 Å². The third kappa shape index (κ3) is 5.00. The average molecular weight is 311 g/mol. The van der Waals surface area contributed by atoms with Crippen LogP contribution in [0.4, 0.5) is 5.69 Å². The fraction of sp³-hybridized carbons (Fsp3) is 0.400. The Morgan fingerprint density at radius 1 is 1.30 bits per heavy atom. The first-order valence-electron chi connectivity index (χ1n) is 8.28. The van der Waals surface area contributed by atoms with Crippen LogP contribution in [0.3, 0.4) is 0 Å². The Balaban J connectivity index is 2.01. The van der Waals surface area contributed by atoms with Crippen LogP contribution in [0.25, 0.3) is 0 Å². The zero-order chi connectivity index (χ0) is 16.8. The van der Waals surface area contributed by atoms with Gasteiger partial charge in [-0.3, -0.25) is 0 Å². The van der Waals surface area contributed by atoms with Crippen LogP contribution >= 0.6 is 0 Å². The number of hydrogen-bond donors (Lipinski definition) is 2. The lowest BCUT2D eigenvalue weighted by Crippen LogP contribution is -2.37. The molecule has 23 heavy (non-hydrogen) atoms. The largest absolute Gasteiger partial charge is 0.388 e. The number of rotatable bonds is 7. The zero-order valence-electron chi connectivity index (χ0n) is 14.4. The van der Waals surface area contributed by atoms with E-state index in [0.29, 0.717) is 12.5 Å². The molecule has 1 aromatic carbocycles. The van der Waals surface area contributed by atoms with Crippen LogP contribution in [0.1, 0.15) is 25.8 Å². The molecule has 3 N–H and O–H groups in total. The van der Waals surface area contributed by atoms with E-state index in [-0.39, 0.29) is 0 Å². The van der Waals surface area contributed by atoms with Crippen LogP contribution in [-0.2, 0) is 6.54 Å². The van der Waals surface area contributed by atoms with E-state index in [4.69, 9.17) is 5.73 Å². The van der Waals surface area contributed by atoms with Crippen molar-refractivity contribution in [2.45, 2.75) is 26.8 Å². The van der Waals surface area contributed by atoms with Crippen molar-refractivity contribution in [2.75, 3.05) is 24.5 Å². The first-order valence-corrected chi connectivity index (χ1v) is 8.28. The van der Waals surface area contributed by atoms with Gasteiger partial charge in [-0.25, -0.2) is 0 Å². The lowest BCUT2D eigenvalue weighted by Gasteiger charge is -2.34. The number of nitrogens with two attached hydrogens (primary N) is 1. The summed E-state index contributed by atoms with van der Waals surface area (Å²) in [6, 6.07) is 8.54. The molecule has 124 valence electrons. The number of benzene rings is 1. The highest BCUT2D eigenvalue weighted by molar-refractivity contribution is 5.50. The molecule has 3 heteroatoms. The van der Waals surface area contributed by atoms with Crippen LogP contribution in [0.15, 0.2) is 60.3 Å². The van der Waals surface area contributed by atoms with Gasteiger partial charge >= 0.3 is 0 Å². The summed E-state index contributed by atoms with van der Waals surface area (Å²) in [7, 11) is 0. The Morgan fingerprint density at radius 2 is 2.00 bits per heavy atom. The predicted octanol–water partition coefficient (Wildman–Crippen LogP) is 3.60. The second-order valence-corrected chi connectivity index (χ2v) is 6.53. The van der Waals surface area contributed by atoms with Gasteiger partial charge in [0.25, 0.3) is 0 Å².